The Kier molecular flexibility index (Phi) is 7.62. The summed E-state index contributed by atoms with van der Waals surface area (Å²) in [6.07, 6.45) is 4.05. The molecular weight excluding hydrogens is 531 g/mol. The minimum Gasteiger partial charge on any atom is -0.501 e. The maximum atomic E-state index is 13.6. The first-order valence-electron chi connectivity index (χ1n) is 14.0. The van der Waals surface area contributed by atoms with Gasteiger partial charge in [0.15, 0.2) is 5.69 Å². The molecule has 2 aliphatic heterocycles. The number of carbonyl (C=O) groups is 3. The zero-order valence-corrected chi connectivity index (χ0v) is 23.9. The van der Waals surface area contributed by atoms with Crippen LogP contribution in [0.3, 0.4) is 0 Å². The van der Waals surface area contributed by atoms with Gasteiger partial charge < -0.3 is 25.5 Å². The van der Waals surface area contributed by atoms with Gasteiger partial charge in [0.2, 0.25) is 5.75 Å². The van der Waals surface area contributed by atoms with Crippen LogP contribution in [-0.2, 0) is 22.7 Å². The number of hydrogen-bond acceptors (Lipinski definition) is 7. The Bertz CT molecular complexity index is 1450. The summed E-state index contributed by atoms with van der Waals surface area (Å²) in [5, 5.41) is 17.2. The normalized spacial score (nSPS) is 23.0. The third kappa shape index (κ3) is 5.57. The van der Waals surface area contributed by atoms with E-state index in [9.17, 15) is 28.7 Å². The first-order chi connectivity index (χ1) is 19.4. The molecule has 0 spiro atoms. The smallest absolute Gasteiger partial charge is 0.312 e. The van der Waals surface area contributed by atoms with Crippen molar-refractivity contribution in [3.63, 3.8) is 0 Å². The molecule has 2 saturated carbocycles. The topological polar surface area (TPSA) is 137 Å². The van der Waals surface area contributed by atoms with Crippen molar-refractivity contribution in [1.82, 2.24) is 30.0 Å². The fourth-order valence-electron chi connectivity index (χ4n) is 6.05. The highest BCUT2D eigenvalue weighted by Crippen LogP contribution is 2.45. The van der Waals surface area contributed by atoms with E-state index in [4.69, 9.17) is 0 Å². The number of fused-ring (bicyclic) bond motifs is 2. The van der Waals surface area contributed by atoms with E-state index in [1.807, 2.05) is 0 Å². The summed E-state index contributed by atoms with van der Waals surface area (Å²) in [5.74, 6) is -2.72. The summed E-state index contributed by atoms with van der Waals surface area (Å²) >= 11 is 0. The third-order valence-electron chi connectivity index (χ3n) is 8.73. The van der Waals surface area contributed by atoms with Crippen LogP contribution in [0.4, 0.5) is 4.39 Å². The molecule has 2 aliphatic carbocycles. The molecule has 220 valence electrons. The standard InChI is InChI=1S/C29H37FN6O5/c1-16-11-18(7-8-20(16)30)13-31-25(38)22-23(37)26(39)36-15-29(32-14-17-5-6-17)10-9-19(24(36)33-22)21(12-29)35(4)28(41)27(40)34(2)3/h7-8,11,17,19,21,32,37H,5-6,9-10,12-15H2,1-4H3,(H,31,38). The lowest BCUT2D eigenvalue weighted by molar-refractivity contribution is -0.151. The van der Waals surface area contributed by atoms with Crippen LogP contribution in [0.2, 0.25) is 0 Å². The number of nitrogens with zero attached hydrogens (tertiary/aromatic N) is 4. The highest BCUT2D eigenvalue weighted by molar-refractivity contribution is 6.34. The lowest BCUT2D eigenvalue weighted by Crippen LogP contribution is -2.57. The predicted molar refractivity (Wildman–Crippen MR) is 148 cm³/mol. The van der Waals surface area contributed by atoms with Crippen molar-refractivity contribution in [2.24, 2.45) is 5.92 Å². The van der Waals surface area contributed by atoms with Gasteiger partial charge in [-0.15, -0.1) is 0 Å². The molecule has 3 amide bonds. The van der Waals surface area contributed by atoms with E-state index >= 15 is 0 Å². The number of carbonyl (C=O) groups excluding carboxylic acids is 3. The molecule has 3 heterocycles. The van der Waals surface area contributed by atoms with Gasteiger partial charge in [-0.25, -0.2) is 9.37 Å². The molecule has 0 radical (unpaired) electrons. The van der Waals surface area contributed by atoms with Crippen LogP contribution in [0.5, 0.6) is 5.75 Å². The summed E-state index contributed by atoms with van der Waals surface area (Å²) in [4.78, 5) is 59.6. The maximum absolute atomic E-state index is 13.6. The molecule has 2 aromatic rings. The molecule has 12 heteroatoms. The number of aryl methyl sites for hydroxylation is 1. The molecule has 6 rings (SSSR count). The van der Waals surface area contributed by atoms with Gasteiger partial charge in [-0.3, -0.25) is 23.7 Å². The summed E-state index contributed by atoms with van der Waals surface area (Å²) in [7, 11) is 4.62. The molecule has 11 nitrogen and oxygen atoms in total. The number of amides is 3. The van der Waals surface area contributed by atoms with E-state index in [1.165, 1.54) is 34.5 Å². The minimum absolute atomic E-state index is 0.0453. The van der Waals surface area contributed by atoms with Crippen molar-refractivity contribution in [2.45, 2.75) is 69.6 Å². The lowest BCUT2D eigenvalue weighted by atomic mass is 9.73. The van der Waals surface area contributed by atoms with Gasteiger partial charge in [0, 0.05) is 51.7 Å². The van der Waals surface area contributed by atoms with Gasteiger partial charge in [-0.2, -0.15) is 0 Å². The number of halogens is 1. The first-order valence-corrected chi connectivity index (χ1v) is 14.0. The molecular formula is C29H37FN6O5. The number of likely N-dealkylation sites (N-methyl/N-ethyl adjacent to an activating group) is 2. The second kappa shape index (κ2) is 10.9. The van der Waals surface area contributed by atoms with E-state index < -0.39 is 52.2 Å². The Morgan fingerprint density at radius 1 is 1.17 bits per heavy atom. The zero-order valence-electron chi connectivity index (χ0n) is 23.9. The van der Waals surface area contributed by atoms with Gasteiger partial charge in [-0.1, -0.05) is 12.1 Å². The highest BCUT2D eigenvalue weighted by atomic mass is 19.1. The van der Waals surface area contributed by atoms with Crippen LogP contribution in [0.1, 0.15) is 65.5 Å². The molecule has 2 fully saturated rings. The van der Waals surface area contributed by atoms with Crippen molar-refractivity contribution in [3.05, 3.63) is 57.0 Å². The largest absolute Gasteiger partial charge is 0.501 e. The summed E-state index contributed by atoms with van der Waals surface area (Å²) < 4.78 is 15.1. The lowest BCUT2D eigenvalue weighted by Gasteiger charge is -2.44. The van der Waals surface area contributed by atoms with Crippen LogP contribution in [0.25, 0.3) is 0 Å². The molecule has 1 aromatic heterocycles. The van der Waals surface area contributed by atoms with Crippen LogP contribution in [-0.4, -0.2) is 81.4 Å². The number of aromatic hydroxyl groups is 1. The van der Waals surface area contributed by atoms with Crippen LogP contribution < -0.4 is 16.2 Å². The third-order valence-corrected chi connectivity index (χ3v) is 8.73. The van der Waals surface area contributed by atoms with Crippen LogP contribution in [0, 0.1) is 18.7 Å². The molecule has 2 bridgehead atoms. The van der Waals surface area contributed by atoms with E-state index in [1.54, 1.807) is 26.1 Å². The zero-order chi connectivity index (χ0) is 29.6. The van der Waals surface area contributed by atoms with Crippen molar-refractivity contribution in [1.29, 1.82) is 0 Å². The minimum atomic E-state index is -0.746. The quantitative estimate of drug-likeness (QED) is 0.428. The molecule has 3 unspecified atom stereocenters. The Morgan fingerprint density at radius 2 is 1.90 bits per heavy atom. The van der Waals surface area contributed by atoms with Gasteiger partial charge in [0.25, 0.3) is 11.5 Å². The number of nitrogens with one attached hydrogen (secondary N) is 2. The molecule has 3 N–H and O–H groups in total. The Balaban J connectivity index is 1.50. The SMILES string of the molecule is Cc1cc(CNC(=O)c2nc3n(c(=O)c2O)CC2(NCC4CC4)CCC3C(N(C)C(=O)C(=O)N(C)C)C2)ccc1F. The van der Waals surface area contributed by atoms with E-state index in [0.29, 0.717) is 42.1 Å². The fourth-order valence-corrected chi connectivity index (χ4v) is 6.05. The molecule has 4 aliphatic rings. The maximum Gasteiger partial charge on any atom is 0.312 e. The Hall–Kier alpha value is -3.80. The van der Waals surface area contributed by atoms with E-state index in [2.05, 4.69) is 15.6 Å². The van der Waals surface area contributed by atoms with E-state index in [-0.39, 0.29) is 18.9 Å². The van der Waals surface area contributed by atoms with Crippen molar-refractivity contribution in [3.8, 4) is 5.75 Å². The van der Waals surface area contributed by atoms with Crippen molar-refractivity contribution in [2.75, 3.05) is 27.7 Å². The molecule has 1 aromatic carbocycles. The van der Waals surface area contributed by atoms with Crippen LogP contribution >= 0.6 is 0 Å². The number of rotatable bonds is 7. The molecule has 41 heavy (non-hydrogen) atoms. The van der Waals surface area contributed by atoms with Gasteiger partial charge >= 0.3 is 11.8 Å². The second-order valence-corrected chi connectivity index (χ2v) is 12.0. The average Bonchev–Trinajstić information content (AvgIpc) is 3.80. The highest BCUT2D eigenvalue weighted by Gasteiger charge is 2.50. The second-order valence-electron chi connectivity index (χ2n) is 12.0. The Labute approximate surface area is 237 Å². The van der Waals surface area contributed by atoms with Crippen molar-refractivity contribution >= 4 is 17.7 Å². The van der Waals surface area contributed by atoms with E-state index in [0.717, 1.165) is 19.4 Å². The van der Waals surface area contributed by atoms with Crippen molar-refractivity contribution < 1.29 is 23.9 Å². The van der Waals surface area contributed by atoms with Crippen LogP contribution in [0.15, 0.2) is 23.0 Å². The summed E-state index contributed by atoms with van der Waals surface area (Å²) in [6, 6.07) is 3.99. The van der Waals surface area contributed by atoms with Gasteiger partial charge in [0.1, 0.15) is 11.6 Å². The number of aromatic nitrogens is 2. The summed E-state index contributed by atoms with van der Waals surface area (Å²) in [6.45, 7) is 2.66. The fraction of sp³-hybridized carbons (Fsp3) is 0.552. The molecule has 3 atom stereocenters. The monoisotopic (exact) mass is 568 g/mol. The van der Waals surface area contributed by atoms with Gasteiger partial charge in [-0.05, 0) is 68.7 Å². The summed E-state index contributed by atoms with van der Waals surface area (Å²) in [5.41, 5.74) is -0.592. The number of benzene rings is 1. The first kappa shape index (κ1) is 28.7. The average molecular weight is 569 g/mol. The predicted octanol–water partition coefficient (Wildman–Crippen LogP) is 1.26. The Morgan fingerprint density at radius 3 is 2.56 bits per heavy atom. The molecule has 0 saturated heterocycles. The van der Waals surface area contributed by atoms with Gasteiger partial charge in [0.05, 0.1) is 0 Å². The number of hydrogen-bond donors (Lipinski definition) is 3.